The fourth-order valence-electron chi connectivity index (χ4n) is 3.84. The highest BCUT2D eigenvalue weighted by molar-refractivity contribution is 5.98. The summed E-state index contributed by atoms with van der Waals surface area (Å²) in [6.45, 7) is 6.19. The van der Waals surface area contributed by atoms with E-state index < -0.39 is 0 Å². The van der Waals surface area contributed by atoms with Crippen LogP contribution in [0, 0.1) is 6.92 Å². The Labute approximate surface area is 137 Å². The first kappa shape index (κ1) is 14.5. The Hall–Kier alpha value is -2.07. The summed E-state index contributed by atoms with van der Waals surface area (Å²) in [5, 5.41) is 3.03. The molecule has 1 amide bonds. The van der Waals surface area contributed by atoms with Crippen molar-refractivity contribution in [3.8, 4) is 5.69 Å². The largest absolute Gasteiger partial charge is 0.346 e. The monoisotopic (exact) mass is 309 g/mol. The maximum absolute atomic E-state index is 12.3. The van der Waals surface area contributed by atoms with E-state index >= 15 is 0 Å². The molecule has 23 heavy (non-hydrogen) atoms. The van der Waals surface area contributed by atoms with Gasteiger partial charge in [-0.3, -0.25) is 9.69 Å². The predicted octanol–water partition coefficient (Wildman–Crippen LogP) is 3.02. The van der Waals surface area contributed by atoms with Gasteiger partial charge in [0.25, 0.3) is 5.91 Å². The summed E-state index contributed by atoms with van der Waals surface area (Å²) in [6.07, 6.45) is 3.98. The van der Waals surface area contributed by atoms with Crippen LogP contribution in [0.4, 0.5) is 0 Å². The van der Waals surface area contributed by atoms with Crippen LogP contribution in [0.1, 0.15) is 46.6 Å². The third kappa shape index (κ3) is 2.57. The number of piperidine rings is 1. The zero-order valence-corrected chi connectivity index (χ0v) is 13.6. The minimum atomic E-state index is 0.0151. The molecule has 0 aliphatic carbocycles. The van der Waals surface area contributed by atoms with Crippen molar-refractivity contribution in [2.75, 3.05) is 13.1 Å². The van der Waals surface area contributed by atoms with Crippen molar-refractivity contribution in [1.29, 1.82) is 0 Å². The van der Waals surface area contributed by atoms with Crippen LogP contribution in [-0.2, 0) is 13.1 Å². The van der Waals surface area contributed by atoms with E-state index in [1.165, 1.54) is 49.3 Å². The van der Waals surface area contributed by atoms with Gasteiger partial charge in [-0.2, -0.15) is 0 Å². The van der Waals surface area contributed by atoms with Crippen LogP contribution >= 0.6 is 0 Å². The summed E-state index contributed by atoms with van der Waals surface area (Å²) < 4.78 is 2.26. The summed E-state index contributed by atoms with van der Waals surface area (Å²) in [7, 11) is 0. The molecule has 4 nitrogen and oxygen atoms in total. The third-order valence-electron chi connectivity index (χ3n) is 5.09. The molecule has 2 aliphatic rings. The van der Waals surface area contributed by atoms with Gasteiger partial charge in [-0.25, -0.2) is 0 Å². The van der Waals surface area contributed by atoms with Gasteiger partial charge in [-0.1, -0.05) is 18.6 Å². The van der Waals surface area contributed by atoms with Gasteiger partial charge in [0.2, 0.25) is 0 Å². The fourth-order valence-corrected chi connectivity index (χ4v) is 3.84. The molecule has 1 aromatic carbocycles. The van der Waals surface area contributed by atoms with Crippen LogP contribution in [0.3, 0.4) is 0 Å². The maximum atomic E-state index is 12.3. The first-order chi connectivity index (χ1) is 11.2. The second-order valence-electron chi connectivity index (χ2n) is 6.62. The Morgan fingerprint density at radius 3 is 2.74 bits per heavy atom. The summed E-state index contributed by atoms with van der Waals surface area (Å²) in [5.41, 5.74) is 5.57. The molecule has 2 aromatic rings. The number of benzene rings is 1. The maximum Gasteiger partial charge on any atom is 0.253 e. The van der Waals surface area contributed by atoms with E-state index in [2.05, 4.69) is 27.8 Å². The van der Waals surface area contributed by atoms with Gasteiger partial charge >= 0.3 is 0 Å². The van der Waals surface area contributed by atoms with E-state index in [0.29, 0.717) is 6.54 Å². The molecular weight excluding hydrogens is 286 g/mol. The van der Waals surface area contributed by atoms with Crippen molar-refractivity contribution in [2.45, 2.75) is 39.3 Å². The lowest BCUT2D eigenvalue weighted by Crippen LogP contribution is -2.29. The van der Waals surface area contributed by atoms with Crippen molar-refractivity contribution < 1.29 is 4.79 Å². The second kappa shape index (κ2) is 5.85. The van der Waals surface area contributed by atoms with Crippen LogP contribution in [0.5, 0.6) is 0 Å². The quantitative estimate of drug-likeness (QED) is 0.926. The van der Waals surface area contributed by atoms with Crippen LogP contribution < -0.4 is 5.32 Å². The van der Waals surface area contributed by atoms with Gasteiger partial charge in [-0.05, 0) is 56.6 Å². The Balaban J connectivity index is 1.74. The molecule has 120 valence electrons. The van der Waals surface area contributed by atoms with Gasteiger partial charge in [0.1, 0.15) is 0 Å². The van der Waals surface area contributed by atoms with E-state index in [4.69, 9.17) is 0 Å². The van der Waals surface area contributed by atoms with Crippen LogP contribution in [0.15, 0.2) is 30.3 Å². The molecule has 0 atom stereocenters. The number of fused-ring (bicyclic) bond motifs is 3. The number of amides is 1. The fraction of sp³-hybridized carbons (Fsp3) is 0.421. The minimum Gasteiger partial charge on any atom is -0.346 e. The average Bonchev–Trinajstić information content (AvgIpc) is 2.81. The van der Waals surface area contributed by atoms with E-state index in [0.717, 1.165) is 17.8 Å². The van der Waals surface area contributed by atoms with Crippen LogP contribution in [0.25, 0.3) is 5.69 Å². The Morgan fingerprint density at radius 1 is 1.13 bits per heavy atom. The topological polar surface area (TPSA) is 37.3 Å². The molecule has 2 aliphatic heterocycles. The van der Waals surface area contributed by atoms with Crippen LogP contribution in [-0.4, -0.2) is 28.5 Å². The van der Waals surface area contributed by atoms with E-state index in [9.17, 15) is 4.79 Å². The van der Waals surface area contributed by atoms with Crippen molar-refractivity contribution >= 4 is 5.91 Å². The molecule has 1 saturated heterocycles. The molecule has 4 rings (SSSR count). The number of para-hydroxylation sites is 1. The molecule has 0 spiro atoms. The molecule has 4 heteroatoms. The van der Waals surface area contributed by atoms with Gasteiger partial charge in [0, 0.05) is 17.9 Å². The lowest BCUT2D eigenvalue weighted by molar-refractivity contribution is 0.0953. The van der Waals surface area contributed by atoms with E-state index in [1.54, 1.807) is 0 Å². The molecule has 0 unspecified atom stereocenters. The Morgan fingerprint density at radius 2 is 1.91 bits per heavy atom. The average molecular weight is 309 g/mol. The van der Waals surface area contributed by atoms with Gasteiger partial charge in [0.05, 0.1) is 17.8 Å². The normalized spacial score (nSPS) is 18.0. The van der Waals surface area contributed by atoms with Crippen molar-refractivity contribution in [3.05, 3.63) is 52.8 Å². The summed E-state index contributed by atoms with van der Waals surface area (Å²) in [4.78, 5) is 14.8. The summed E-state index contributed by atoms with van der Waals surface area (Å²) >= 11 is 0. The number of hydrogen-bond acceptors (Lipinski definition) is 2. The zero-order valence-electron chi connectivity index (χ0n) is 13.6. The second-order valence-corrected chi connectivity index (χ2v) is 6.62. The van der Waals surface area contributed by atoms with Gasteiger partial charge in [0.15, 0.2) is 0 Å². The summed E-state index contributed by atoms with van der Waals surface area (Å²) in [6, 6.07) is 10.2. The number of carbonyl (C=O) groups excluding carboxylic acids is 1. The molecule has 1 N–H and O–H groups in total. The highest BCUT2D eigenvalue weighted by atomic mass is 16.1. The number of carbonyl (C=O) groups is 1. The predicted molar refractivity (Wildman–Crippen MR) is 90.8 cm³/mol. The number of hydrogen-bond donors (Lipinski definition) is 1. The van der Waals surface area contributed by atoms with Crippen LogP contribution in [0.2, 0.25) is 0 Å². The minimum absolute atomic E-state index is 0.0151. The Bertz CT molecular complexity index is 741. The highest BCUT2D eigenvalue weighted by Gasteiger charge is 2.23. The standard InChI is InChI=1S/C19H23N3O/c1-14-15(13-21-9-5-2-6-10-21)11-16-12-20-19(23)17-7-3-4-8-18(17)22(14)16/h3-4,7-8,11H,2,5-6,9-10,12-13H2,1H3,(H,20,23). The molecule has 3 heterocycles. The van der Waals surface area contributed by atoms with E-state index in [1.807, 2.05) is 24.3 Å². The number of likely N-dealkylation sites (tertiary alicyclic amines) is 1. The molecule has 1 fully saturated rings. The lowest BCUT2D eigenvalue weighted by Gasteiger charge is -2.26. The first-order valence-corrected chi connectivity index (χ1v) is 8.54. The zero-order chi connectivity index (χ0) is 15.8. The van der Waals surface area contributed by atoms with Crippen molar-refractivity contribution in [3.63, 3.8) is 0 Å². The lowest BCUT2D eigenvalue weighted by atomic mass is 10.1. The molecular formula is C19H23N3O. The van der Waals surface area contributed by atoms with Crippen molar-refractivity contribution in [2.24, 2.45) is 0 Å². The molecule has 0 saturated carbocycles. The molecule has 0 radical (unpaired) electrons. The molecule has 0 bridgehead atoms. The van der Waals surface area contributed by atoms with E-state index in [-0.39, 0.29) is 5.91 Å². The molecule has 1 aromatic heterocycles. The number of nitrogens with zero attached hydrogens (tertiary/aromatic N) is 2. The highest BCUT2D eigenvalue weighted by Crippen LogP contribution is 2.27. The number of aromatic nitrogens is 1. The summed E-state index contributed by atoms with van der Waals surface area (Å²) in [5.74, 6) is 0.0151. The number of rotatable bonds is 2. The first-order valence-electron chi connectivity index (χ1n) is 8.54. The Kier molecular flexibility index (Phi) is 3.69. The van der Waals surface area contributed by atoms with Crippen molar-refractivity contribution in [1.82, 2.24) is 14.8 Å². The SMILES string of the molecule is Cc1c(CN2CCCCC2)cc2n1-c1ccccc1C(=O)NC2. The van der Waals surface area contributed by atoms with Gasteiger partial charge in [-0.15, -0.1) is 0 Å². The smallest absolute Gasteiger partial charge is 0.253 e. The number of nitrogens with one attached hydrogen (secondary N) is 1. The van der Waals surface area contributed by atoms with Gasteiger partial charge < -0.3 is 9.88 Å². The third-order valence-corrected chi connectivity index (χ3v) is 5.09.